The Hall–Kier alpha value is -2.10. The Morgan fingerprint density at radius 1 is 1.06 bits per heavy atom. The smallest absolute Gasteiger partial charge is 0.274 e. The van der Waals surface area contributed by atoms with Crippen LogP contribution in [0.25, 0.3) is 5.69 Å². The fourth-order valence-corrected chi connectivity index (χ4v) is 1.71. The average molecular weight is 216 g/mol. The van der Waals surface area contributed by atoms with Gasteiger partial charge in [0.2, 0.25) is 0 Å². The van der Waals surface area contributed by atoms with Gasteiger partial charge in [0.15, 0.2) is 0 Å². The molecule has 0 saturated carbocycles. The van der Waals surface area contributed by atoms with Crippen LogP contribution in [0.5, 0.6) is 0 Å². The molecule has 1 N–H and O–H groups in total. The minimum atomic E-state index is -0.419. The lowest BCUT2D eigenvalue weighted by Gasteiger charge is -2.06. The number of rotatable bonds is 1. The summed E-state index contributed by atoms with van der Waals surface area (Å²) >= 11 is 0. The average Bonchev–Trinajstić information content (AvgIpc) is 2.15. The first-order chi connectivity index (χ1) is 7.56. The molecule has 1 heterocycles. The van der Waals surface area contributed by atoms with Gasteiger partial charge in [-0.1, -0.05) is 6.07 Å². The summed E-state index contributed by atoms with van der Waals surface area (Å²) in [7, 11) is 0. The highest BCUT2D eigenvalue weighted by Gasteiger charge is 2.01. The summed E-state index contributed by atoms with van der Waals surface area (Å²) < 4.78 is 1.42. The number of nitrogens with one attached hydrogen (secondary N) is 1. The highest BCUT2D eigenvalue weighted by atomic mass is 16.2. The highest BCUT2D eigenvalue weighted by Crippen LogP contribution is 2.11. The van der Waals surface area contributed by atoms with E-state index in [4.69, 9.17) is 0 Å². The molecule has 0 aliphatic rings. The van der Waals surface area contributed by atoms with Gasteiger partial charge in [-0.05, 0) is 37.1 Å². The monoisotopic (exact) mass is 216 g/mol. The van der Waals surface area contributed by atoms with E-state index in [1.165, 1.54) is 16.8 Å². The van der Waals surface area contributed by atoms with E-state index >= 15 is 0 Å². The van der Waals surface area contributed by atoms with Crippen molar-refractivity contribution in [1.29, 1.82) is 0 Å². The zero-order valence-corrected chi connectivity index (χ0v) is 9.15. The van der Waals surface area contributed by atoms with E-state index in [1.807, 2.05) is 32.0 Å². The summed E-state index contributed by atoms with van der Waals surface area (Å²) in [6.45, 7) is 3.93. The lowest BCUT2D eigenvalue weighted by atomic mass is 10.1. The fourth-order valence-electron chi connectivity index (χ4n) is 1.71. The van der Waals surface area contributed by atoms with E-state index < -0.39 is 5.69 Å². The number of H-pyrrole nitrogens is 1. The minimum Gasteiger partial charge on any atom is -0.274 e. The van der Waals surface area contributed by atoms with Gasteiger partial charge in [0.05, 0.1) is 5.69 Å². The topological polar surface area (TPSA) is 54.9 Å². The summed E-state index contributed by atoms with van der Waals surface area (Å²) in [5.41, 5.74) is 2.11. The SMILES string of the molecule is Cc1cc(C)cc(-n2ccc(=O)[nH]c2=O)c1. The third-order valence-electron chi connectivity index (χ3n) is 2.31. The molecule has 1 aromatic carbocycles. The second-order valence-electron chi connectivity index (χ2n) is 3.83. The van der Waals surface area contributed by atoms with Crippen LogP contribution >= 0.6 is 0 Å². The standard InChI is InChI=1S/C12H12N2O2/c1-8-5-9(2)7-10(6-8)14-4-3-11(15)13-12(14)16/h3-7H,1-2H3,(H,13,15,16). The Labute approximate surface area is 92.2 Å². The first-order valence-corrected chi connectivity index (χ1v) is 4.97. The lowest BCUT2D eigenvalue weighted by molar-refractivity contribution is 0.894. The maximum Gasteiger partial charge on any atom is 0.332 e. The van der Waals surface area contributed by atoms with Crippen molar-refractivity contribution >= 4 is 0 Å². The molecule has 0 fully saturated rings. The molecular weight excluding hydrogens is 204 g/mol. The largest absolute Gasteiger partial charge is 0.332 e. The molecule has 1 aromatic heterocycles. The van der Waals surface area contributed by atoms with E-state index in [0.29, 0.717) is 0 Å². The van der Waals surface area contributed by atoms with E-state index in [0.717, 1.165) is 16.8 Å². The van der Waals surface area contributed by atoms with Gasteiger partial charge in [-0.3, -0.25) is 14.3 Å². The third kappa shape index (κ3) is 1.95. The second kappa shape index (κ2) is 3.81. The van der Waals surface area contributed by atoms with Gasteiger partial charge >= 0.3 is 5.69 Å². The summed E-state index contributed by atoms with van der Waals surface area (Å²) in [5.74, 6) is 0. The molecule has 0 atom stereocenters. The predicted octanol–water partition coefficient (Wildman–Crippen LogP) is 1.14. The molecule has 0 radical (unpaired) electrons. The fraction of sp³-hybridized carbons (Fsp3) is 0.167. The molecule has 2 aromatic rings. The van der Waals surface area contributed by atoms with Crippen LogP contribution in [0.1, 0.15) is 11.1 Å². The predicted molar refractivity (Wildman–Crippen MR) is 62.1 cm³/mol. The van der Waals surface area contributed by atoms with Crippen LogP contribution in [0.4, 0.5) is 0 Å². The first-order valence-electron chi connectivity index (χ1n) is 4.97. The Bertz CT molecular complexity index is 618. The Morgan fingerprint density at radius 2 is 1.69 bits per heavy atom. The lowest BCUT2D eigenvalue weighted by Crippen LogP contribution is -2.27. The molecule has 0 bridgehead atoms. The number of nitrogens with zero attached hydrogens (tertiary/aromatic N) is 1. The molecule has 0 spiro atoms. The van der Waals surface area contributed by atoms with Crippen molar-refractivity contribution in [2.75, 3.05) is 0 Å². The third-order valence-corrected chi connectivity index (χ3v) is 2.31. The van der Waals surface area contributed by atoms with Gasteiger partial charge in [-0.15, -0.1) is 0 Å². The van der Waals surface area contributed by atoms with Gasteiger partial charge in [-0.25, -0.2) is 4.79 Å². The van der Waals surface area contributed by atoms with Gasteiger partial charge < -0.3 is 0 Å². The molecule has 16 heavy (non-hydrogen) atoms. The Balaban J connectivity index is 2.67. The number of benzene rings is 1. The van der Waals surface area contributed by atoms with Crippen molar-refractivity contribution in [2.45, 2.75) is 13.8 Å². The maximum absolute atomic E-state index is 11.6. The summed E-state index contributed by atoms with van der Waals surface area (Å²) in [6, 6.07) is 7.15. The molecule has 0 aliphatic heterocycles. The number of aromatic nitrogens is 2. The van der Waals surface area contributed by atoms with Crippen molar-refractivity contribution in [3.05, 3.63) is 62.4 Å². The molecule has 2 rings (SSSR count). The van der Waals surface area contributed by atoms with Crippen LogP contribution in [0.3, 0.4) is 0 Å². The molecule has 4 nitrogen and oxygen atoms in total. The van der Waals surface area contributed by atoms with Crippen LogP contribution in [-0.2, 0) is 0 Å². The first kappa shape index (κ1) is 10.4. The van der Waals surface area contributed by atoms with Crippen molar-refractivity contribution < 1.29 is 0 Å². The van der Waals surface area contributed by atoms with Gasteiger partial charge in [0, 0.05) is 12.3 Å². The second-order valence-corrected chi connectivity index (χ2v) is 3.83. The van der Waals surface area contributed by atoms with E-state index in [-0.39, 0.29) is 5.56 Å². The van der Waals surface area contributed by atoms with Crippen LogP contribution < -0.4 is 11.2 Å². The molecular formula is C12H12N2O2. The normalized spacial score (nSPS) is 10.4. The van der Waals surface area contributed by atoms with E-state index in [1.54, 1.807) is 0 Å². The summed E-state index contributed by atoms with van der Waals surface area (Å²) in [5, 5.41) is 0. The van der Waals surface area contributed by atoms with Crippen molar-refractivity contribution in [3.8, 4) is 5.69 Å². The number of hydrogen-bond acceptors (Lipinski definition) is 2. The zero-order chi connectivity index (χ0) is 11.7. The van der Waals surface area contributed by atoms with Crippen LogP contribution in [0, 0.1) is 13.8 Å². The molecule has 0 aliphatic carbocycles. The minimum absolute atomic E-state index is 0.384. The van der Waals surface area contributed by atoms with Crippen molar-refractivity contribution in [3.63, 3.8) is 0 Å². The van der Waals surface area contributed by atoms with Crippen LogP contribution in [-0.4, -0.2) is 9.55 Å². The molecule has 4 heteroatoms. The van der Waals surface area contributed by atoms with Gasteiger partial charge in [0.25, 0.3) is 5.56 Å². The summed E-state index contributed by atoms with van der Waals surface area (Å²) in [6.07, 6.45) is 1.48. The number of aromatic amines is 1. The number of aryl methyl sites for hydroxylation is 2. The van der Waals surface area contributed by atoms with Crippen LogP contribution in [0.2, 0.25) is 0 Å². The molecule has 0 saturated heterocycles. The van der Waals surface area contributed by atoms with Crippen molar-refractivity contribution in [2.24, 2.45) is 0 Å². The Morgan fingerprint density at radius 3 is 2.25 bits per heavy atom. The van der Waals surface area contributed by atoms with Crippen LogP contribution in [0.15, 0.2) is 40.1 Å². The Kier molecular flexibility index (Phi) is 2.48. The zero-order valence-electron chi connectivity index (χ0n) is 9.15. The van der Waals surface area contributed by atoms with Gasteiger partial charge in [0.1, 0.15) is 0 Å². The van der Waals surface area contributed by atoms with Crippen molar-refractivity contribution in [1.82, 2.24) is 9.55 Å². The molecule has 0 amide bonds. The highest BCUT2D eigenvalue weighted by molar-refractivity contribution is 5.39. The van der Waals surface area contributed by atoms with E-state index in [9.17, 15) is 9.59 Å². The number of hydrogen-bond donors (Lipinski definition) is 1. The molecule has 0 unspecified atom stereocenters. The quantitative estimate of drug-likeness (QED) is 0.777. The summed E-state index contributed by atoms with van der Waals surface area (Å²) in [4.78, 5) is 24.7. The van der Waals surface area contributed by atoms with Gasteiger partial charge in [-0.2, -0.15) is 0 Å². The molecule has 82 valence electrons. The van der Waals surface area contributed by atoms with E-state index in [2.05, 4.69) is 4.98 Å². The maximum atomic E-state index is 11.6.